The van der Waals surface area contributed by atoms with Gasteiger partial charge in [-0.15, -0.1) is 0 Å². The first-order valence-corrected chi connectivity index (χ1v) is 14.6. The molecule has 1 aromatic carbocycles. The summed E-state index contributed by atoms with van der Waals surface area (Å²) in [5, 5.41) is 8.74. The number of aliphatic hydroxyl groups excluding tert-OH is 1. The van der Waals surface area contributed by atoms with Crippen molar-refractivity contribution in [2.45, 2.75) is 79.1 Å². The number of ketones is 2. The van der Waals surface area contributed by atoms with Gasteiger partial charge in [-0.2, -0.15) is 0 Å². The van der Waals surface area contributed by atoms with Crippen LogP contribution in [-0.4, -0.2) is 90.3 Å². The molecule has 1 aliphatic rings. The third kappa shape index (κ3) is 10.1. The van der Waals surface area contributed by atoms with Crippen LogP contribution in [0.2, 0.25) is 0 Å². The number of carbonyl (C=O) groups excluding carboxylic acids is 5. The minimum atomic E-state index is -1.58. The van der Waals surface area contributed by atoms with Gasteiger partial charge in [-0.3, -0.25) is 19.2 Å². The van der Waals surface area contributed by atoms with Crippen molar-refractivity contribution in [1.82, 2.24) is 4.90 Å². The second-order valence-corrected chi connectivity index (χ2v) is 11.5. The van der Waals surface area contributed by atoms with Gasteiger partial charge in [-0.05, 0) is 51.7 Å². The number of amides is 2. The quantitative estimate of drug-likeness (QED) is 0.159. The molecule has 0 aromatic heterocycles. The van der Waals surface area contributed by atoms with Crippen LogP contribution in [0.15, 0.2) is 30.3 Å². The number of ether oxygens (including phenoxy) is 4. The van der Waals surface area contributed by atoms with E-state index in [9.17, 15) is 24.0 Å². The fourth-order valence-corrected chi connectivity index (χ4v) is 5.24. The Balaban J connectivity index is 2.32. The predicted molar refractivity (Wildman–Crippen MR) is 158 cm³/mol. The number of rotatable bonds is 17. The van der Waals surface area contributed by atoms with Crippen molar-refractivity contribution in [2.24, 2.45) is 11.8 Å². The highest BCUT2D eigenvalue weighted by Gasteiger charge is 2.53. The van der Waals surface area contributed by atoms with Gasteiger partial charge in [0.15, 0.2) is 17.7 Å². The average molecular weight is 604 g/mol. The largest absolute Gasteiger partial charge is 0.453 e. The molecule has 11 heteroatoms. The van der Waals surface area contributed by atoms with Crippen molar-refractivity contribution in [3.63, 3.8) is 0 Å². The summed E-state index contributed by atoms with van der Waals surface area (Å²) in [6.45, 7) is 12.6. The Morgan fingerprint density at radius 1 is 1.07 bits per heavy atom. The van der Waals surface area contributed by atoms with Crippen LogP contribution < -0.4 is 0 Å². The van der Waals surface area contributed by atoms with E-state index < -0.39 is 47.4 Å². The fraction of sp³-hybridized carbons (Fsp3) is 0.594. The first kappa shape index (κ1) is 35.8. The van der Waals surface area contributed by atoms with E-state index in [1.165, 1.54) is 6.92 Å². The molecule has 1 N–H and O–H groups in total. The number of Topliss-reactive ketones (excluding diaryl/α,β-unsaturated/α-hetero) is 1. The Morgan fingerprint density at radius 2 is 1.72 bits per heavy atom. The van der Waals surface area contributed by atoms with Gasteiger partial charge in [0, 0.05) is 25.5 Å². The fourth-order valence-electron chi connectivity index (χ4n) is 5.24. The van der Waals surface area contributed by atoms with Gasteiger partial charge in [-0.25, -0.2) is 9.69 Å². The van der Waals surface area contributed by atoms with Crippen molar-refractivity contribution in [3.8, 4) is 0 Å². The van der Waals surface area contributed by atoms with Crippen molar-refractivity contribution in [2.75, 3.05) is 33.0 Å². The summed E-state index contributed by atoms with van der Waals surface area (Å²) in [7, 11) is 0. The second-order valence-electron chi connectivity index (χ2n) is 11.5. The lowest BCUT2D eigenvalue weighted by molar-refractivity contribution is -0.158. The number of allylic oxidation sites excluding steroid dienone is 1. The molecule has 2 rings (SSSR count). The van der Waals surface area contributed by atoms with Gasteiger partial charge >= 0.3 is 12.1 Å². The summed E-state index contributed by atoms with van der Waals surface area (Å²) in [6, 6.07) is 6.46. The summed E-state index contributed by atoms with van der Waals surface area (Å²) in [6.07, 6.45) is -0.846. The molecular formula is C32H45NO10. The van der Waals surface area contributed by atoms with Gasteiger partial charge in [0.05, 0.1) is 38.4 Å². The van der Waals surface area contributed by atoms with E-state index in [0.29, 0.717) is 25.2 Å². The number of carbonyl (C=O) groups is 5. The second kappa shape index (κ2) is 16.4. The molecule has 1 aromatic rings. The summed E-state index contributed by atoms with van der Waals surface area (Å²) in [5.74, 6) is -3.99. The van der Waals surface area contributed by atoms with Crippen molar-refractivity contribution >= 4 is 35.1 Å². The van der Waals surface area contributed by atoms with Crippen LogP contribution in [0.1, 0.15) is 65.5 Å². The zero-order valence-electron chi connectivity index (χ0n) is 26.2. The molecule has 43 heavy (non-hydrogen) atoms. The minimum Gasteiger partial charge on any atom is -0.453 e. The van der Waals surface area contributed by atoms with Gasteiger partial charge in [-0.1, -0.05) is 43.7 Å². The number of aryl methyl sites for hydroxylation is 1. The molecule has 1 saturated heterocycles. The Labute approximate surface area is 253 Å². The van der Waals surface area contributed by atoms with Gasteiger partial charge in [0.25, 0.3) is 0 Å². The van der Waals surface area contributed by atoms with Crippen LogP contribution in [0.25, 0.3) is 5.57 Å². The molecule has 2 amide bonds. The number of nitrogens with zero attached hydrogens (tertiary/aromatic N) is 1. The van der Waals surface area contributed by atoms with Gasteiger partial charge in [0.1, 0.15) is 5.60 Å². The van der Waals surface area contributed by atoms with Crippen LogP contribution in [-0.2, 0) is 38.1 Å². The summed E-state index contributed by atoms with van der Waals surface area (Å²) in [4.78, 5) is 66.6. The molecule has 3 atom stereocenters. The maximum Gasteiger partial charge on any atom is 0.417 e. The molecule has 1 aliphatic heterocycles. The van der Waals surface area contributed by atoms with E-state index in [2.05, 4.69) is 0 Å². The molecule has 0 aliphatic carbocycles. The van der Waals surface area contributed by atoms with Gasteiger partial charge in [0.2, 0.25) is 5.91 Å². The SMILES string of the molecule is CC(=O)O[C@H](C(=O)C=C(C(=O)CCCOCCOCCO)c1cccc(C)c1)[C@H](C)C(=O)N1C(=O)OC(C)(C)[C@@H]1C(C)C. The average Bonchev–Trinajstić information content (AvgIpc) is 3.18. The summed E-state index contributed by atoms with van der Waals surface area (Å²) >= 11 is 0. The highest BCUT2D eigenvalue weighted by Crippen LogP contribution is 2.35. The van der Waals surface area contributed by atoms with E-state index in [-0.39, 0.29) is 43.5 Å². The van der Waals surface area contributed by atoms with E-state index in [0.717, 1.165) is 23.5 Å². The summed E-state index contributed by atoms with van der Waals surface area (Å²) in [5.41, 5.74) is 0.521. The van der Waals surface area contributed by atoms with E-state index in [4.69, 9.17) is 24.1 Å². The Kier molecular flexibility index (Phi) is 13.7. The number of benzene rings is 1. The zero-order chi connectivity index (χ0) is 32.3. The Morgan fingerprint density at radius 3 is 2.30 bits per heavy atom. The summed E-state index contributed by atoms with van der Waals surface area (Å²) < 4.78 is 21.4. The smallest absolute Gasteiger partial charge is 0.417 e. The molecule has 0 spiro atoms. The third-order valence-electron chi connectivity index (χ3n) is 7.04. The molecular weight excluding hydrogens is 558 g/mol. The molecule has 0 unspecified atom stereocenters. The molecule has 238 valence electrons. The number of aliphatic hydroxyl groups is 1. The molecule has 1 heterocycles. The molecule has 0 saturated carbocycles. The van der Waals surface area contributed by atoms with Crippen LogP contribution in [0.3, 0.4) is 0 Å². The minimum absolute atomic E-state index is 0.0715. The number of esters is 1. The predicted octanol–water partition coefficient (Wildman–Crippen LogP) is 3.67. The maximum atomic E-state index is 13.7. The normalized spacial score (nSPS) is 17.9. The number of imide groups is 1. The first-order valence-electron chi connectivity index (χ1n) is 14.6. The standard InChI is InChI=1S/C32H45NO10/c1-20(2)29-32(6,7)43-31(39)33(29)30(38)22(4)28(42-23(5)35)27(37)19-25(24-11-8-10-21(3)18-24)26(36)12-9-14-40-16-17-41-15-13-34/h8,10-11,18-20,22,28-29,34H,9,12-17H2,1-7H3/t22-,28-,29-/m0/s1. The molecule has 11 nitrogen and oxygen atoms in total. The Bertz CT molecular complexity index is 1190. The number of hydrogen-bond donors (Lipinski definition) is 1. The highest BCUT2D eigenvalue weighted by molar-refractivity contribution is 6.25. The van der Waals surface area contributed by atoms with Crippen molar-refractivity contribution in [3.05, 3.63) is 41.5 Å². The lowest BCUT2D eigenvalue weighted by Crippen LogP contribution is -2.52. The monoisotopic (exact) mass is 603 g/mol. The van der Waals surface area contributed by atoms with E-state index in [1.807, 2.05) is 26.8 Å². The van der Waals surface area contributed by atoms with Gasteiger partial charge < -0.3 is 24.1 Å². The van der Waals surface area contributed by atoms with Crippen molar-refractivity contribution < 1.29 is 48.0 Å². The lowest BCUT2D eigenvalue weighted by atomic mass is 9.87. The first-order chi connectivity index (χ1) is 20.2. The van der Waals surface area contributed by atoms with Crippen LogP contribution >= 0.6 is 0 Å². The van der Waals surface area contributed by atoms with Crippen LogP contribution in [0, 0.1) is 18.8 Å². The topological polar surface area (TPSA) is 146 Å². The molecule has 0 radical (unpaired) electrons. The third-order valence-corrected chi connectivity index (χ3v) is 7.04. The van der Waals surface area contributed by atoms with E-state index in [1.54, 1.807) is 32.0 Å². The lowest BCUT2D eigenvalue weighted by Gasteiger charge is -2.33. The van der Waals surface area contributed by atoms with Crippen LogP contribution in [0.4, 0.5) is 4.79 Å². The molecule has 0 bridgehead atoms. The maximum absolute atomic E-state index is 13.7. The Hall–Kier alpha value is -3.41. The van der Waals surface area contributed by atoms with Crippen LogP contribution in [0.5, 0.6) is 0 Å². The highest BCUT2D eigenvalue weighted by atomic mass is 16.6. The van der Waals surface area contributed by atoms with Crippen molar-refractivity contribution in [1.29, 1.82) is 0 Å². The number of cyclic esters (lactones) is 1. The van der Waals surface area contributed by atoms with E-state index >= 15 is 0 Å². The zero-order valence-corrected chi connectivity index (χ0v) is 26.2. The molecule has 1 fully saturated rings. The number of hydrogen-bond acceptors (Lipinski definition) is 10.